The van der Waals surface area contributed by atoms with Gasteiger partial charge in [0.05, 0.1) is 149 Å². The number of ether oxygens (including phenoxy) is 10. The van der Waals surface area contributed by atoms with Gasteiger partial charge in [0.1, 0.15) is 17.3 Å². The van der Waals surface area contributed by atoms with E-state index in [1.165, 1.54) is 0 Å². The number of hydrogen-bond donors (Lipinski definition) is 3. The third kappa shape index (κ3) is 23.2. The molecule has 0 radical (unpaired) electrons. The maximum atomic E-state index is 13.8. The van der Waals surface area contributed by atoms with Crippen LogP contribution in [0.3, 0.4) is 0 Å². The number of rotatable bonds is 41. The summed E-state index contributed by atoms with van der Waals surface area (Å²) in [5, 5.41) is 29.0. The third-order valence-electron chi connectivity index (χ3n) is 14.5. The van der Waals surface area contributed by atoms with Gasteiger partial charge in [-0.3, -0.25) is 20.4 Å². The van der Waals surface area contributed by atoms with Crippen molar-refractivity contribution >= 4 is 23.5 Å². The van der Waals surface area contributed by atoms with Gasteiger partial charge in [0.25, 0.3) is 0 Å². The second-order valence-electron chi connectivity index (χ2n) is 20.5. The summed E-state index contributed by atoms with van der Waals surface area (Å²) in [4.78, 5) is 29.3. The van der Waals surface area contributed by atoms with Crippen molar-refractivity contribution in [2.45, 2.75) is 121 Å². The normalized spacial score (nSPS) is 19.1. The van der Waals surface area contributed by atoms with Crippen molar-refractivity contribution in [1.29, 1.82) is 10.8 Å². The first kappa shape index (κ1) is 66.1. The molecule has 82 heavy (non-hydrogen) atoms. The minimum absolute atomic E-state index is 0.0390. The van der Waals surface area contributed by atoms with E-state index in [0.717, 1.165) is 44.3 Å². The molecule has 3 aromatic rings. The third-order valence-corrected chi connectivity index (χ3v) is 14.5. The molecule has 3 aliphatic carbocycles. The van der Waals surface area contributed by atoms with Crippen molar-refractivity contribution in [3.63, 3.8) is 0 Å². The molecular formula is C57H83F5N8O12. The zero-order chi connectivity index (χ0) is 58.5. The summed E-state index contributed by atoms with van der Waals surface area (Å²) in [6.45, 7) is 11.8. The van der Waals surface area contributed by atoms with Crippen LogP contribution in [-0.2, 0) is 65.4 Å². The molecule has 6 rings (SSSR count). The fraction of sp³-hybridized carbons (Fsp3) is 0.684. The summed E-state index contributed by atoms with van der Waals surface area (Å²) in [7, 11) is 0. The molecule has 3 saturated carbocycles. The van der Waals surface area contributed by atoms with Crippen molar-refractivity contribution in [3.8, 4) is 5.75 Å². The van der Waals surface area contributed by atoms with Gasteiger partial charge in [0.15, 0.2) is 11.6 Å². The SMILES string of the molecule is CCN(CC[C@H](NC(=O)C1CCC(F)(F)CC1)c1ccccc1)C1CC(N(C(C)=N)C(=N)C2CC(OCCOCCOCCOCCOCc3cn(CCOCCOCCOCCOCCC(=O)Oc4c(F)cc(F)cc4F)nn3)C2)C1. The number of alkyl halides is 2. The average molecular weight is 1170 g/mol. The first-order valence-corrected chi connectivity index (χ1v) is 28.6. The van der Waals surface area contributed by atoms with Crippen LogP contribution >= 0.6 is 0 Å². The van der Waals surface area contributed by atoms with E-state index in [0.29, 0.717) is 141 Å². The van der Waals surface area contributed by atoms with E-state index in [2.05, 4.69) is 32.2 Å². The molecule has 3 N–H and O–H groups in total. The monoisotopic (exact) mass is 1170 g/mol. The smallest absolute Gasteiger partial charge is 0.313 e. The van der Waals surface area contributed by atoms with E-state index in [4.69, 9.17) is 53.5 Å². The van der Waals surface area contributed by atoms with Gasteiger partial charge in [-0.05, 0) is 64.0 Å². The molecular weight excluding hydrogens is 1080 g/mol. The van der Waals surface area contributed by atoms with Gasteiger partial charge < -0.3 is 62.5 Å². The van der Waals surface area contributed by atoms with Gasteiger partial charge >= 0.3 is 5.97 Å². The molecule has 1 heterocycles. The molecule has 458 valence electrons. The average Bonchev–Trinajstić information content (AvgIpc) is 3.90. The lowest BCUT2D eigenvalue weighted by Gasteiger charge is -2.50. The highest BCUT2D eigenvalue weighted by Crippen LogP contribution is 2.38. The van der Waals surface area contributed by atoms with Gasteiger partial charge in [-0.1, -0.05) is 42.5 Å². The first-order chi connectivity index (χ1) is 39.7. The summed E-state index contributed by atoms with van der Waals surface area (Å²) in [5.74, 6) is -7.94. The Bertz CT molecular complexity index is 2340. The highest BCUT2D eigenvalue weighted by Gasteiger charge is 2.43. The van der Waals surface area contributed by atoms with Crippen LogP contribution in [0.2, 0.25) is 0 Å². The number of hydrogen-bond acceptors (Lipinski definition) is 17. The van der Waals surface area contributed by atoms with Gasteiger partial charge in [0, 0.05) is 55.4 Å². The Labute approximate surface area is 477 Å². The van der Waals surface area contributed by atoms with Crippen LogP contribution in [0.4, 0.5) is 22.0 Å². The second kappa shape index (κ2) is 35.9. The topological polar surface area (TPSA) is 223 Å². The highest BCUT2D eigenvalue weighted by atomic mass is 19.3. The van der Waals surface area contributed by atoms with Crippen molar-refractivity contribution < 1.29 is 78.9 Å². The van der Waals surface area contributed by atoms with E-state index in [9.17, 15) is 31.5 Å². The van der Waals surface area contributed by atoms with E-state index in [1.54, 1.807) is 17.8 Å². The van der Waals surface area contributed by atoms with Crippen molar-refractivity contribution in [3.05, 3.63) is 77.4 Å². The lowest BCUT2D eigenvalue weighted by Crippen LogP contribution is -2.59. The van der Waals surface area contributed by atoms with Gasteiger partial charge in [-0.25, -0.2) is 26.6 Å². The Morgan fingerprint density at radius 1 is 0.732 bits per heavy atom. The van der Waals surface area contributed by atoms with Gasteiger partial charge in [0.2, 0.25) is 17.6 Å². The zero-order valence-corrected chi connectivity index (χ0v) is 47.3. The molecule has 0 spiro atoms. The van der Waals surface area contributed by atoms with Crippen LogP contribution in [0.25, 0.3) is 0 Å². The molecule has 20 nitrogen and oxygen atoms in total. The number of nitrogens with one attached hydrogen (secondary N) is 3. The van der Waals surface area contributed by atoms with Crippen LogP contribution in [0.1, 0.15) is 95.4 Å². The number of amidine groups is 2. The second-order valence-corrected chi connectivity index (χ2v) is 20.5. The minimum atomic E-state index is -2.68. The zero-order valence-electron chi connectivity index (χ0n) is 47.3. The van der Waals surface area contributed by atoms with Crippen molar-refractivity contribution in [2.24, 2.45) is 11.8 Å². The fourth-order valence-electron chi connectivity index (χ4n) is 9.83. The lowest BCUT2D eigenvalue weighted by molar-refractivity contribution is -0.136. The Balaban J connectivity index is 0.684. The molecule has 0 bridgehead atoms. The quantitative estimate of drug-likeness (QED) is 0.0126. The molecule has 25 heteroatoms. The summed E-state index contributed by atoms with van der Waals surface area (Å²) >= 11 is 0. The number of nitrogens with zero attached hydrogens (tertiary/aromatic N) is 5. The summed E-state index contributed by atoms with van der Waals surface area (Å²) in [6, 6.07) is 10.8. The first-order valence-electron chi connectivity index (χ1n) is 28.6. The Morgan fingerprint density at radius 2 is 1.28 bits per heavy atom. The number of carbonyl (C=O) groups is 2. The van der Waals surface area contributed by atoms with Crippen molar-refractivity contribution in [1.82, 2.24) is 30.1 Å². The van der Waals surface area contributed by atoms with E-state index >= 15 is 0 Å². The van der Waals surface area contributed by atoms with Crippen LogP contribution in [0.5, 0.6) is 5.75 Å². The van der Waals surface area contributed by atoms with E-state index in [1.807, 2.05) is 35.2 Å². The number of halogens is 5. The standard InChI is InChI=1S/C57H83F5N8O12/c1-3-68(15-11-52(42-7-5-4-6-8-42)65-56(72)43-9-13-57(61,62)14-10-43)47-37-48(38-47)70(41(2)63)55(64)44-33-49(34-44)81-32-31-79-28-27-77-25-26-78-29-30-80-40-46-39-69(67-66-46)16-18-74-20-22-76-24-23-75-21-19-73-17-12-53(71)82-54-50(59)35-45(58)36-51(54)60/h4-8,35-36,39,43-44,47-49,52,63-64H,3,9-34,37-38,40H2,1-2H3,(H,65,72)/t44?,47?,48?,49?,52-/m0/s1. The van der Waals surface area contributed by atoms with Crippen molar-refractivity contribution in [2.75, 3.05) is 119 Å². The summed E-state index contributed by atoms with van der Waals surface area (Å²) < 4.78 is 124. The van der Waals surface area contributed by atoms with Gasteiger partial charge in [-0.15, -0.1) is 5.10 Å². The summed E-state index contributed by atoms with van der Waals surface area (Å²) in [6.07, 6.45) is 5.34. The number of benzene rings is 2. The van der Waals surface area contributed by atoms with Crippen LogP contribution < -0.4 is 10.1 Å². The highest BCUT2D eigenvalue weighted by molar-refractivity contribution is 5.99. The van der Waals surface area contributed by atoms with E-state index < -0.39 is 41.0 Å². The molecule has 0 aliphatic heterocycles. The number of amides is 1. The summed E-state index contributed by atoms with van der Waals surface area (Å²) in [5.41, 5.74) is 1.68. The number of carbonyl (C=O) groups excluding carboxylic acids is 2. The van der Waals surface area contributed by atoms with Crippen LogP contribution in [0.15, 0.2) is 48.7 Å². The largest absolute Gasteiger partial charge is 0.420 e. The number of aromatic nitrogens is 3. The maximum Gasteiger partial charge on any atom is 0.313 e. The molecule has 3 aliphatic rings. The Kier molecular flexibility index (Phi) is 28.9. The molecule has 1 aromatic heterocycles. The Hall–Kier alpha value is -5.09. The Morgan fingerprint density at radius 3 is 1.85 bits per heavy atom. The van der Waals surface area contributed by atoms with E-state index in [-0.39, 0.29) is 81.9 Å². The predicted molar refractivity (Wildman–Crippen MR) is 290 cm³/mol. The molecule has 1 atom stereocenters. The molecule has 0 unspecified atom stereocenters. The van der Waals surface area contributed by atoms with Gasteiger partial charge in [-0.2, -0.15) is 0 Å². The fourth-order valence-corrected chi connectivity index (χ4v) is 9.83. The molecule has 3 fully saturated rings. The van der Waals surface area contributed by atoms with Crippen LogP contribution in [0, 0.1) is 40.1 Å². The molecule has 1 amide bonds. The molecule has 0 saturated heterocycles. The molecule has 2 aromatic carbocycles. The number of esters is 1. The minimum Gasteiger partial charge on any atom is -0.420 e. The predicted octanol–water partition coefficient (Wildman–Crippen LogP) is 7.32. The maximum absolute atomic E-state index is 13.8. The lowest BCUT2D eigenvalue weighted by atomic mass is 9.78. The van der Waals surface area contributed by atoms with Crippen LogP contribution in [-0.4, -0.2) is 191 Å².